The molecule has 1 saturated carbocycles. The highest BCUT2D eigenvalue weighted by molar-refractivity contribution is 7.99. The molecule has 1 unspecified atom stereocenters. The van der Waals surface area contributed by atoms with Crippen molar-refractivity contribution in [2.75, 3.05) is 11.5 Å². The van der Waals surface area contributed by atoms with Gasteiger partial charge in [-0.2, -0.15) is 11.8 Å². The maximum atomic E-state index is 11.2. The molecular weight excluding hydrogens is 156 g/mol. The number of hydrogen-bond donors (Lipinski definition) is 0. The monoisotopic (exact) mass is 170 g/mol. The Morgan fingerprint density at radius 2 is 2.27 bits per heavy atom. The topological polar surface area (TPSA) is 17.1 Å². The van der Waals surface area contributed by atoms with Gasteiger partial charge in [0.25, 0.3) is 0 Å². The summed E-state index contributed by atoms with van der Waals surface area (Å²) in [4.78, 5) is 11.2. The molecule has 1 spiro atoms. The van der Waals surface area contributed by atoms with E-state index in [1.807, 2.05) is 11.8 Å². The first-order valence-corrected chi connectivity index (χ1v) is 5.56. The molecule has 1 aliphatic carbocycles. The average molecular weight is 170 g/mol. The fourth-order valence-electron chi connectivity index (χ4n) is 2.24. The smallest absolute Gasteiger partial charge is 0.133 e. The lowest BCUT2D eigenvalue weighted by Gasteiger charge is -2.31. The summed E-state index contributed by atoms with van der Waals surface area (Å²) in [5, 5.41) is 0. The average Bonchev–Trinajstić information content (AvgIpc) is 2.37. The van der Waals surface area contributed by atoms with Crippen molar-refractivity contribution < 1.29 is 4.79 Å². The van der Waals surface area contributed by atoms with E-state index in [0.29, 0.717) is 11.2 Å². The minimum atomic E-state index is 0.458. The van der Waals surface area contributed by atoms with Crippen molar-refractivity contribution in [1.82, 2.24) is 0 Å². The third-order valence-corrected chi connectivity index (χ3v) is 4.23. The summed E-state index contributed by atoms with van der Waals surface area (Å²) in [5.74, 6) is 3.05. The van der Waals surface area contributed by atoms with E-state index in [9.17, 15) is 4.79 Å². The molecule has 0 bridgehead atoms. The van der Waals surface area contributed by atoms with Gasteiger partial charge in [-0.1, -0.05) is 0 Å². The molecule has 0 amide bonds. The number of carbonyl (C=O) groups is 1. The fourth-order valence-corrected chi connectivity index (χ4v) is 3.79. The van der Waals surface area contributed by atoms with Crippen LogP contribution in [0.1, 0.15) is 32.1 Å². The van der Waals surface area contributed by atoms with Crippen LogP contribution in [0, 0.1) is 5.41 Å². The first kappa shape index (κ1) is 7.66. The Balaban J connectivity index is 2.05. The van der Waals surface area contributed by atoms with E-state index in [4.69, 9.17) is 0 Å². The van der Waals surface area contributed by atoms with E-state index in [1.165, 1.54) is 24.3 Å². The van der Waals surface area contributed by atoms with Crippen LogP contribution in [-0.4, -0.2) is 17.3 Å². The quantitative estimate of drug-likeness (QED) is 0.554. The van der Waals surface area contributed by atoms with Crippen molar-refractivity contribution in [3.05, 3.63) is 0 Å². The molecule has 0 aromatic carbocycles. The summed E-state index contributed by atoms with van der Waals surface area (Å²) >= 11 is 2.03. The lowest BCUT2D eigenvalue weighted by atomic mass is 9.73. The van der Waals surface area contributed by atoms with E-state index in [0.717, 1.165) is 19.3 Å². The third-order valence-electron chi connectivity index (χ3n) is 2.92. The van der Waals surface area contributed by atoms with Crippen LogP contribution in [0.4, 0.5) is 0 Å². The van der Waals surface area contributed by atoms with Gasteiger partial charge in [0.05, 0.1) is 0 Å². The molecule has 0 N–H and O–H groups in total. The summed E-state index contributed by atoms with van der Waals surface area (Å²) in [6, 6.07) is 0. The van der Waals surface area contributed by atoms with E-state index in [-0.39, 0.29) is 0 Å². The van der Waals surface area contributed by atoms with Gasteiger partial charge >= 0.3 is 0 Å². The summed E-state index contributed by atoms with van der Waals surface area (Å²) in [5.41, 5.74) is 0.458. The number of thioether (sulfide) groups is 1. The molecular formula is C9H14OS. The van der Waals surface area contributed by atoms with Gasteiger partial charge in [0.15, 0.2) is 0 Å². The van der Waals surface area contributed by atoms with Crippen LogP contribution in [0.25, 0.3) is 0 Å². The van der Waals surface area contributed by atoms with Crippen molar-refractivity contribution in [2.45, 2.75) is 32.1 Å². The SMILES string of the molecule is O=C1CCCC2(CCSC2)C1. The van der Waals surface area contributed by atoms with Gasteiger partial charge in [-0.15, -0.1) is 0 Å². The van der Waals surface area contributed by atoms with E-state index >= 15 is 0 Å². The largest absolute Gasteiger partial charge is 0.300 e. The van der Waals surface area contributed by atoms with Gasteiger partial charge in [-0.05, 0) is 36.2 Å². The second kappa shape index (κ2) is 2.81. The summed E-state index contributed by atoms with van der Waals surface area (Å²) in [7, 11) is 0. The molecule has 11 heavy (non-hydrogen) atoms. The number of rotatable bonds is 0. The van der Waals surface area contributed by atoms with Crippen molar-refractivity contribution in [3.63, 3.8) is 0 Å². The Morgan fingerprint density at radius 1 is 1.36 bits per heavy atom. The van der Waals surface area contributed by atoms with Gasteiger partial charge in [-0.25, -0.2) is 0 Å². The van der Waals surface area contributed by atoms with Crippen LogP contribution in [0.2, 0.25) is 0 Å². The number of carbonyl (C=O) groups excluding carboxylic acids is 1. The van der Waals surface area contributed by atoms with Crippen molar-refractivity contribution in [3.8, 4) is 0 Å². The zero-order valence-electron chi connectivity index (χ0n) is 6.77. The Hall–Kier alpha value is 0.0200. The van der Waals surface area contributed by atoms with E-state index < -0.39 is 0 Å². The molecule has 1 atom stereocenters. The summed E-state index contributed by atoms with van der Waals surface area (Å²) in [6.07, 6.45) is 5.50. The van der Waals surface area contributed by atoms with Gasteiger partial charge in [0, 0.05) is 12.8 Å². The second-order valence-electron chi connectivity index (χ2n) is 3.87. The van der Waals surface area contributed by atoms with Crippen LogP contribution in [0.15, 0.2) is 0 Å². The summed E-state index contributed by atoms with van der Waals surface area (Å²) in [6.45, 7) is 0. The maximum Gasteiger partial charge on any atom is 0.133 e. The van der Waals surface area contributed by atoms with Crippen molar-refractivity contribution >= 4 is 17.5 Å². The van der Waals surface area contributed by atoms with Crippen LogP contribution in [-0.2, 0) is 4.79 Å². The van der Waals surface area contributed by atoms with Gasteiger partial charge in [0.2, 0.25) is 0 Å². The number of ketones is 1. The highest BCUT2D eigenvalue weighted by Crippen LogP contribution is 2.45. The van der Waals surface area contributed by atoms with Crippen LogP contribution < -0.4 is 0 Å². The molecule has 2 fully saturated rings. The second-order valence-corrected chi connectivity index (χ2v) is 4.98. The molecule has 0 radical (unpaired) electrons. The van der Waals surface area contributed by atoms with Crippen LogP contribution >= 0.6 is 11.8 Å². The molecule has 1 heterocycles. The lowest BCUT2D eigenvalue weighted by Crippen LogP contribution is -2.28. The standard InChI is InChI=1S/C9H14OS/c10-8-2-1-3-9(6-8)4-5-11-7-9/h1-7H2. The van der Waals surface area contributed by atoms with Gasteiger partial charge in [0.1, 0.15) is 5.78 Å². The predicted octanol–water partition coefficient (Wildman–Crippen LogP) is 2.25. The molecule has 1 aliphatic heterocycles. The molecule has 2 aliphatic rings. The third kappa shape index (κ3) is 1.46. The zero-order valence-corrected chi connectivity index (χ0v) is 7.58. The van der Waals surface area contributed by atoms with Crippen molar-refractivity contribution in [1.29, 1.82) is 0 Å². The normalized spacial score (nSPS) is 38.4. The van der Waals surface area contributed by atoms with Crippen LogP contribution in [0.5, 0.6) is 0 Å². The fraction of sp³-hybridized carbons (Fsp3) is 0.889. The highest BCUT2D eigenvalue weighted by atomic mass is 32.2. The van der Waals surface area contributed by atoms with Crippen molar-refractivity contribution in [2.24, 2.45) is 5.41 Å². The molecule has 0 aromatic heterocycles. The molecule has 0 aromatic rings. The Morgan fingerprint density at radius 3 is 2.91 bits per heavy atom. The summed E-state index contributed by atoms with van der Waals surface area (Å²) < 4.78 is 0. The predicted molar refractivity (Wildman–Crippen MR) is 47.9 cm³/mol. The minimum absolute atomic E-state index is 0.458. The van der Waals surface area contributed by atoms with Crippen LogP contribution in [0.3, 0.4) is 0 Å². The first-order chi connectivity index (χ1) is 5.31. The first-order valence-electron chi connectivity index (χ1n) is 4.40. The minimum Gasteiger partial charge on any atom is -0.300 e. The highest BCUT2D eigenvalue weighted by Gasteiger charge is 2.38. The molecule has 62 valence electrons. The van der Waals surface area contributed by atoms with E-state index in [1.54, 1.807) is 0 Å². The van der Waals surface area contributed by atoms with Gasteiger partial charge in [-0.3, -0.25) is 4.79 Å². The molecule has 2 heteroatoms. The maximum absolute atomic E-state index is 11.2. The number of hydrogen-bond acceptors (Lipinski definition) is 2. The molecule has 2 rings (SSSR count). The molecule has 1 saturated heterocycles. The van der Waals surface area contributed by atoms with Gasteiger partial charge < -0.3 is 0 Å². The lowest BCUT2D eigenvalue weighted by molar-refractivity contribution is -0.123. The Bertz CT molecular complexity index is 170. The zero-order chi connectivity index (χ0) is 7.73. The number of Topliss-reactive ketones (excluding diaryl/α,β-unsaturated/α-hetero) is 1. The molecule has 1 nitrogen and oxygen atoms in total. The Kier molecular flexibility index (Phi) is 1.96. The Labute approximate surface area is 71.9 Å². The van der Waals surface area contributed by atoms with E-state index in [2.05, 4.69) is 0 Å².